The Hall–Kier alpha value is -3.41. The first-order valence-corrected chi connectivity index (χ1v) is 9.38. The number of fused-ring (bicyclic) bond motifs is 1. The molecule has 0 spiro atoms. The Morgan fingerprint density at radius 3 is 2.61 bits per heavy atom. The van der Waals surface area contributed by atoms with E-state index in [4.69, 9.17) is 0 Å². The van der Waals surface area contributed by atoms with Crippen LogP contribution in [0.4, 0.5) is 16.2 Å². The molecule has 142 valence electrons. The van der Waals surface area contributed by atoms with Gasteiger partial charge in [0.1, 0.15) is 11.6 Å². The van der Waals surface area contributed by atoms with Crippen LogP contribution in [0.2, 0.25) is 0 Å². The van der Waals surface area contributed by atoms with Gasteiger partial charge < -0.3 is 15.6 Å². The van der Waals surface area contributed by atoms with Crippen molar-refractivity contribution in [2.75, 3.05) is 23.7 Å². The van der Waals surface area contributed by atoms with E-state index in [0.29, 0.717) is 12.5 Å². The number of halogens is 1. The molecule has 4 rings (SSSR count). The lowest BCUT2D eigenvalue weighted by atomic mass is 10.1. The Kier molecular flexibility index (Phi) is 5.47. The van der Waals surface area contributed by atoms with Gasteiger partial charge in [0, 0.05) is 36.4 Å². The van der Waals surface area contributed by atoms with Gasteiger partial charge in [-0.25, -0.2) is 9.37 Å². The van der Waals surface area contributed by atoms with Gasteiger partial charge in [0.25, 0.3) is 0 Å². The lowest BCUT2D eigenvalue weighted by Gasteiger charge is -2.08. The Morgan fingerprint density at radius 2 is 1.71 bits per heavy atom. The minimum absolute atomic E-state index is 0.216. The lowest BCUT2D eigenvalue weighted by molar-refractivity contribution is 0.627. The van der Waals surface area contributed by atoms with Crippen molar-refractivity contribution in [3.63, 3.8) is 0 Å². The first-order valence-electron chi connectivity index (χ1n) is 9.38. The summed E-state index contributed by atoms with van der Waals surface area (Å²) >= 11 is 0. The van der Waals surface area contributed by atoms with Crippen LogP contribution in [0.15, 0.2) is 67.0 Å². The number of rotatable bonds is 8. The minimum atomic E-state index is -0.216. The topological polar surface area (TPSA) is 65.6 Å². The van der Waals surface area contributed by atoms with Gasteiger partial charge in [0.15, 0.2) is 0 Å². The molecule has 0 fully saturated rings. The third-order valence-corrected chi connectivity index (χ3v) is 4.64. The molecule has 0 bridgehead atoms. The number of H-pyrrole nitrogens is 1. The van der Waals surface area contributed by atoms with Crippen molar-refractivity contribution in [3.05, 3.63) is 83.9 Å². The van der Waals surface area contributed by atoms with E-state index < -0.39 is 0 Å². The number of para-hydroxylation sites is 1. The van der Waals surface area contributed by atoms with Crippen molar-refractivity contribution in [2.24, 2.45) is 0 Å². The molecule has 28 heavy (non-hydrogen) atoms. The van der Waals surface area contributed by atoms with Crippen LogP contribution in [0.1, 0.15) is 11.1 Å². The maximum Gasteiger partial charge on any atom is 0.224 e. The van der Waals surface area contributed by atoms with Gasteiger partial charge in [-0.15, -0.1) is 0 Å². The SMILES string of the molecule is Fc1ccc(CCNc2nccc(NCCc3c[nH]c4ccccc34)n2)cc1. The Balaban J connectivity index is 1.28. The van der Waals surface area contributed by atoms with Crippen LogP contribution in [0.5, 0.6) is 0 Å². The van der Waals surface area contributed by atoms with Crippen molar-refractivity contribution < 1.29 is 4.39 Å². The number of nitrogens with zero attached hydrogens (tertiary/aromatic N) is 2. The highest BCUT2D eigenvalue weighted by atomic mass is 19.1. The number of nitrogens with one attached hydrogen (secondary N) is 3. The molecule has 0 unspecified atom stereocenters. The Labute approximate surface area is 163 Å². The van der Waals surface area contributed by atoms with Gasteiger partial charge in [0.05, 0.1) is 0 Å². The van der Waals surface area contributed by atoms with Gasteiger partial charge in [0.2, 0.25) is 5.95 Å². The molecule has 0 saturated heterocycles. The number of anilines is 2. The normalized spacial score (nSPS) is 10.9. The van der Waals surface area contributed by atoms with Gasteiger partial charge in [-0.2, -0.15) is 4.98 Å². The molecule has 6 heteroatoms. The molecule has 0 aliphatic rings. The van der Waals surface area contributed by atoms with Gasteiger partial charge in [-0.1, -0.05) is 30.3 Å². The zero-order chi connectivity index (χ0) is 19.2. The van der Waals surface area contributed by atoms with Crippen molar-refractivity contribution in [1.29, 1.82) is 0 Å². The highest BCUT2D eigenvalue weighted by Gasteiger charge is 2.04. The Bertz CT molecular complexity index is 1040. The molecule has 4 aromatic rings. The predicted molar refractivity (Wildman–Crippen MR) is 111 cm³/mol. The van der Waals surface area contributed by atoms with Crippen molar-refractivity contribution in [2.45, 2.75) is 12.8 Å². The number of aromatic amines is 1. The highest BCUT2D eigenvalue weighted by molar-refractivity contribution is 5.83. The van der Waals surface area contributed by atoms with Crippen LogP contribution in [0.3, 0.4) is 0 Å². The summed E-state index contributed by atoms with van der Waals surface area (Å²) in [4.78, 5) is 12.1. The van der Waals surface area contributed by atoms with Crippen LogP contribution >= 0.6 is 0 Å². The van der Waals surface area contributed by atoms with E-state index in [-0.39, 0.29) is 5.82 Å². The average molecular weight is 375 g/mol. The third-order valence-electron chi connectivity index (χ3n) is 4.64. The van der Waals surface area contributed by atoms with E-state index in [9.17, 15) is 4.39 Å². The molecule has 0 atom stereocenters. The second-order valence-corrected chi connectivity index (χ2v) is 6.61. The molecule has 3 N–H and O–H groups in total. The van der Waals surface area contributed by atoms with Crippen LogP contribution < -0.4 is 10.6 Å². The molecule has 0 aliphatic heterocycles. The van der Waals surface area contributed by atoms with E-state index in [1.165, 1.54) is 23.1 Å². The Morgan fingerprint density at radius 1 is 0.893 bits per heavy atom. The summed E-state index contributed by atoms with van der Waals surface area (Å²) in [7, 11) is 0. The molecule has 2 heterocycles. The monoisotopic (exact) mass is 375 g/mol. The zero-order valence-corrected chi connectivity index (χ0v) is 15.5. The van der Waals surface area contributed by atoms with E-state index in [1.807, 2.05) is 12.1 Å². The summed E-state index contributed by atoms with van der Waals surface area (Å²) in [5.74, 6) is 1.16. The van der Waals surface area contributed by atoms with Gasteiger partial charge in [-0.05, 0) is 48.2 Å². The van der Waals surface area contributed by atoms with Crippen molar-refractivity contribution in [1.82, 2.24) is 15.0 Å². The first-order chi connectivity index (χ1) is 13.8. The van der Waals surface area contributed by atoms with E-state index in [2.05, 4.69) is 50.0 Å². The summed E-state index contributed by atoms with van der Waals surface area (Å²) in [6, 6.07) is 16.7. The van der Waals surface area contributed by atoms with Gasteiger partial charge >= 0.3 is 0 Å². The van der Waals surface area contributed by atoms with E-state index >= 15 is 0 Å². The van der Waals surface area contributed by atoms with Crippen LogP contribution in [0, 0.1) is 5.82 Å². The highest BCUT2D eigenvalue weighted by Crippen LogP contribution is 2.18. The molecule has 2 aromatic carbocycles. The second-order valence-electron chi connectivity index (χ2n) is 6.61. The van der Waals surface area contributed by atoms with Crippen molar-refractivity contribution in [3.8, 4) is 0 Å². The molecule has 0 saturated carbocycles. The fraction of sp³-hybridized carbons (Fsp3) is 0.182. The van der Waals surface area contributed by atoms with Crippen molar-refractivity contribution >= 4 is 22.7 Å². The smallest absolute Gasteiger partial charge is 0.224 e. The second kappa shape index (κ2) is 8.52. The lowest BCUT2D eigenvalue weighted by Crippen LogP contribution is -2.10. The quantitative estimate of drug-likeness (QED) is 0.427. The third kappa shape index (κ3) is 4.46. The van der Waals surface area contributed by atoms with E-state index in [1.54, 1.807) is 18.3 Å². The molecule has 0 amide bonds. The molecule has 0 aliphatic carbocycles. The van der Waals surface area contributed by atoms with Crippen LogP contribution in [0.25, 0.3) is 10.9 Å². The fourth-order valence-electron chi connectivity index (χ4n) is 3.18. The first kappa shape index (κ1) is 18.0. The largest absolute Gasteiger partial charge is 0.370 e. The fourth-order valence-corrected chi connectivity index (χ4v) is 3.18. The summed E-state index contributed by atoms with van der Waals surface area (Å²) < 4.78 is 12.9. The number of benzene rings is 2. The standard InChI is InChI=1S/C22H22FN5/c23-18-7-5-16(6-8-18)9-12-25-22-26-14-11-21(28-22)24-13-10-17-15-27-20-4-2-1-3-19(17)20/h1-8,11,14-15,27H,9-10,12-13H2,(H2,24,25,26,28). The van der Waals surface area contributed by atoms with Crippen LogP contribution in [-0.4, -0.2) is 28.0 Å². The molecular weight excluding hydrogens is 353 g/mol. The maximum atomic E-state index is 12.9. The molecule has 0 radical (unpaired) electrons. The summed E-state index contributed by atoms with van der Waals surface area (Å²) in [6.07, 6.45) is 5.49. The molecule has 2 aromatic heterocycles. The van der Waals surface area contributed by atoms with Crippen LogP contribution in [-0.2, 0) is 12.8 Å². The average Bonchev–Trinajstić information content (AvgIpc) is 3.13. The molecular formula is C22H22FN5. The number of hydrogen-bond acceptors (Lipinski definition) is 4. The van der Waals surface area contributed by atoms with E-state index in [0.717, 1.165) is 36.3 Å². The predicted octanol–water partition coefficient (Wildman–Crippen LogP) is 4.41. The maximum absolute atomic E-state index is 12.9. The number of hydrogen-bond donors (Lipinski definition) is 3. The zero-order valence-electron chi connectivity index (χ0n) is 15.5. The minimum Gasteiger partial charge on any atom is -0.370 e. The summed E-state index contributed by atoms with van der Waals surface area (Å²) in [5, 5.41) is 7.83. The number of aromatic nitrogens is 3. The molecule has 5 nitrogen and oxygen atoms in total. The summed E-state index contributed by atoms with van der Waals surface area (Å²) in [6.45, 7) is 1.47. The van der Waals surface area contributed by atoms with Gasteiger partial charge in [-0.3, -0.25) is 0 Å². The summed E-state index contributed by atoms with van der Waals surface area (Å²) in [5.41, 5.74) is 3.52.